The molecule has 14 heavy (non-hydrogen) atoms. The van der Waals surface area contributed by atoms with Crippen molar-refractivity contribution in [1.82, 2.24) is 10.3 Å². The lowest BCUT2D eigenvalue weighted by molar-refractivity contribution is -0.119. The lowest BCUT2D eigenvalue weighted by Crippen LogP contribution is -2.50. The summed E-state index contributed by atoms with van der Waals surface area (Å²) in [6.45, 7) is 2.83. The van der Waals surface area contributed by atoms with Gasteiger partial charge in [-0.3, -0.25) is 4.79 Å². The Kier molecular flexibility index (Phi) is 2.45. The van der Waals surface area contributed by atoms with E-state index in [2.05, 4.69) is 15.6 Å². The maximum atomic E-state index is 11.5. The van der Waals surface area contributed by atoms with Gasteiger partial charge in [-0.2, -0.15) is 0 Å². The summed E-state index contributed by atoms with van der Waals surface area (Å²) in [7, 11) is 0. The Balaban J connectivity index is 1.99. The Labute approximate surface area is 82.7 Å². The molecule has 4 heteroatoms. The molecule has 0 spiro atoms. The zero-order valence-electron chi connectivity index (χ0n) is 8.08. The molecule has 1 aliphatic rings. The molecule has 1 aliphatic heterocycles. The molecule has 1 amide bonds. The van der Waals surface area contributed by atoms with Crippen LogP contribution in [0.4, 0.5) is 5.82 Å². The fourth-order valence-electron chi connectivity index (χ4n) is 1.34. The SMILES string of the molecule is Cc1cccc(NC(=O)C2CCN2)n1. The lowest BCUT2D eigenvalue weighted by Gasteiger charge is -2.25. The van der Waals surface area contributed by atoms with Gasteiger partial charge < -0.3 is 10.6 Å². The van der Waals surface area contributed by atoms with E-state index < -0.39 is 0 Å². The summed E-state index contributed by atoms with van der Waals surface area (Å²) in [5, 5.41) is 5.81. The number of hydrogen-bond acceptors (Lipinski definition) is 3. The van der Waals surface area contributed by atoms with E-state index in [1.807, 2.05) is 19.1 Å². The summed E-state index contributed by atoms with van der Waals surface area (Å²) in [4.78, 5) is 15.7. The summed E-state index contributed by atoms with van der Waals surface area (Å²) >= 11 is 0. The van der Waals surface area contributed by atoms with Gasteiger partial charge in [-0.1, -0.05) is 6.07 Å². The molecule has 1 saturated heterocycles. The number of pyridine rings is 1. The maximum absolute atomic E-state index is 11.5. The van der Waals surface area contributed by atoms with E-state index in [4.69, 9.17) is 0 Å². The first-order chi connectivity index (χ1) is 6.75. The van der Waals surface area contributed by atoms with Crippen molar-refractivity contribution >= 4 is 11.7 Å². The highest BCUT2D eigenvalue weighted by atomic mass is 16.2. The van der Waals surface area contributed by atoms with Crippen molar-refractivity contribution in [2.75, 3.05) is 11.9 Å². The number of aromatic nitrogens is 1. The predicted molar refractivity (Wildman–Crippen MR) is 54.0 cm³/mol. The van der Waals surface area contributed by atoms with Crippen molar-refractivity contribution in [1.29, 1.82) is 0 Å². The molecular formula is C10H13N3O. The number of amides is 1. The topological polar surface area (TPSA) is 54.0 Å². The van der Waals surface area contributed by atoms with Crippen LogP contribution < -0.4 is 10.6 Å². The Hall–Kier alpha value is -1.42. The molecule has 1 aromatic heterocycles. The number of carbonyl (C=O) groups is 1. The van der Waals surface area contributed by atoms with Crippen molar-refractivity contribution < 1.29 is 4.79 Å². The van der Waals surface area contributed by atoms with Gasteiger partial charge in [-0.05, 0) is 32.0 Å². The van der Waals surface area contributed by atoms with Crippen LogP contribution in [0, 0.1) is 6.92 Å². The molecular weight excluding hydrogens is 178 g/mol. The standard InChI is InChI=1S/C10H13N3O/c1-7-3-2-4-9(12-7)13-10(14)8-5-6-11-8/h2-4,8,11H,5-6H2,1H3,(H,12,13,14). The fourth-order valence-corrected chi connectivity index (χ4v) is 1.34. The molecule has 0 saturated carbocycles. The molecule has 2 N–H and O–H groups in total. The number of anilines is 1. The van der Waals surface area contributed by atoms with E-state index in [-0.39, 0.29) is 11.9 Å². The molecule has 2 rings (SSSR count). The summed E-state index contributed by atoms with van der Waals surface area (Å²) in [6, 6.07) is 5.55. The third-order valence-corrected chi connectivity index (χ3v) is 2.28. The third-order valence-electron chi connectivity index (χ3n) is 2.28. The molecule has 0 radical (unpaired) electrons. The number of carbonyl (C=O) groups excluding carboxylic acids is 1. The third kappa shape index (κ3) is 1.90. The molecule has 74 valence electrons. The van der Waals surface area contributed by atoms with Crippen molar-refractivity contribution in [3.63, 3.8) is 0 Å². The highest BCUT2D eigenvalue weighted by Crippen LogP contribution is 2.08. The van der Waals surface area contributed by atoms with Gasteiger partial charge in [0, 0.05) is 5.69 Å². The van der Waals surface area contributed by atoms with Gasteiger partial charge in [-0.15, -0.1) is 0 Å². The fraction of sp³-hybridized carbons (Fsp3) is 0.400. The van der Waals surface area contributed by atoms with Gasteiger partial charge in [0.1, 0.15) is 5.82 Å². The molecule has 0 aromatic carbocycles. The molecule has 0 aliphatic carbocycles. The van der Waals surface area contributed by atoms with Gasteiger partial charge in [0.2, 0.25) is 5.91 Å². The van der Waals surface area contributed by atoms with Crippen LogP contribution in [0.15, 0.2) is 18.2 Å². The van der Waals surface area contributed by atoms with E-state index in [9.17, 15) is 4.79 Å². The largest absolute Gasteiger partial charge is 0.309 e. The van der Waals surface area contributed by atoms with Gasteiger partial charge >= 0.3 is 0 Å². The minimum absolute atomic E-state index is 0.00866. The number of hydrogen-bond donors (Lipinski definition) is 2. The van der Waals surface area contributed by atoms with Gasteiger partial charge in [0.05, 0.1) is 6.04 Å². The first kappa shape index (κ1) is 9.15. The second-order valence-corrected chi connectivity index (χ2v) is 3.45. The van der Waals surface area contributed by atoms with E-state index in [0.29, 0.717) is 5.82 Å². The van der Waals surface area contributed by atoms with E-state index in [0.717, 1.165) is 18.7 Å². The van der Waals surface area contributed by atoms with Crippen LogP contribution in [0.5, 0.6) is 0 Å². The Morgan fingerprint density at radius 3 is 3.00 bits per heavy atom. The number of rotatable bonds is 2. The quantitative estimate of drug-likeness (QED) is 0.723. The van der Waals surface area contributed by atoms with Gasteiger partial charge in [-0.25, -0.2) is 4.98 Å². The number of aryl methyl sites for hydroxylation is 1. The van der Waals surface area contributed by atoms with Crippen molar-refractivity contribution in [2.24, 2.45) is 0 Å². The molecule has 1 atom stereocenters. The zero-order valence-corrected chi connectivity index (χ0v) is 8.08. The Morgan fingerprint density at radius 1 is 1.64 bits per heavy atom. The van der Waals surface area contributed by atoms with Crippen LogP contribution in [0.2, 0.25) is 0 Å². The maximum Gasteiger partial charge on any atom is 0.242 e. The van der Waals surface area contributed by atoms with Gasteiger partial charge in [0.15, 0.2) is 0 Å². The molecule has 0 bridgehead atoms. The summed E-state index contributed by atoms with van der Waals surface area (Å²) in [5.41, 5.74) is 0.907. The minimum Gasteiger partial charge on any atom is -0.309 e. The van der Waals surface area contributed by atoms with Crippen LogP contribution in [-0.4, -0.2) is 23.5 Å². The molecule has 4 nitrogen and oxygen atoms in total. The molecule has 1 unspecified atom stereocenters. The smallest absolute Gasteiger partial charge is 0.242 e. The van der Waals surface area contributed by atoms with Crippen molar-refractivity contribution in [2.45, 2.75) is 19.4 Å². The molecule has 1 aromatic rings. The Bertz CT molecular complexity index is 347. The summed E-state index contributed by atoms with van der Waals surface area (Å²) in [6.07, 6.45) is 0.914. The highest BCUT2D eigenvalue weighted by molar-refractivity contribution is 5.94. The number of nitrogens with one attached hydrogen (secondary N) is 2. The monoisotopic (exact) mass is 191 g/mol. The lowest BCUT2D eigenvalue weighted by atomic mass is 10.1. The van der Waals surface area contributed by atoms with Gasteiger partial charge in [0.25, 0.3) is 0 Å². The van der Waals surface area contributed by atoms with Crippen LogP contribution in [0.1, 0.15) is 12.1 Å². The average molecular weight is 191 g/mol. The zero-order chi connectivity index (χ0) is 9.97. The second-order valence-electron chi connectivity index (χ2n) is 3.45. The summed E-state index contributed by atoms with van der Waals surface area (Å²) in [5.74, 6) is 0.637. The van der Waals surface area contributed by atoms with Crippen molar-refractivity contribution in [3.8, 4) is 0 Å². The summed E-state index contributed by atoms with van der Waals surface area (Å²) < 4.78 is 0. The predicted octanol–water partition coefficient (Wildman–Crippen LogP) is 0.690. The van der Waals surface area contributed by atoms with Crippen LogP contribution in [0.25, 0.3) is 0 Å². The van der Waals surface area contributed by atoms with Crippen molar-refractivity contribution in [3.05, 3.63) is 23.9 Å². The van der Waals surface area contributed by atoms with Crippen LogP contribution in [-0.2, 0) is 4.79 Å². The number of nitrogens with zero attached hydrogens (tertiary/aromatic N) is 1. The van der Waals surface area contributed by atoms with E-state index in [1.165, 1.54) is 0 Å². The van der Waals surface area contributed by atoms with Crippen LogP contribution >= 0.6 is 0 Å². The first-order valence-corrected chi connectivity index (χ1v) is 4.73. The normalized spacial score (nSPS) is 19.9. The minimum atomic E-state index is -0.0303. The first-order valence-electron chi connectivity index (χ1n) is 4.73. The second kappa shape index (κ2) is 3.75. The molecule has 2 heterocycles. The Morgan fingerprint density at radius 2 is 2.43 bits per heavy atom. The van der Waals surface area contributed by atoms with Crippen LogP contribution in [0.3, 0.4) is 0 Å². The van der Waals surface area contributed by atoms with E-state index in [1.54, 1.807) is 6.07 Å². The average Bonchev–Trinajstić information content (AvgIpc) is 1.99. The highest BCUT2D eigenvalue weighted by Gasteiger charge is 2.24. The molecule has 1 fully saturated rings. The van der Waals surface area contributed by atoms with E-state index >= 15 is 0 Å².